The molecule has 0 saturated carbocycles. The molecule has 0 N–H and O–H groups in total. The Labute approximate surface area is 173 Å². The molecule has 3 rings (SSSR count). The minimum atomic E-state index is -5.19. The number of benzene rings is 1. The van der Waals surface area contributed by atoms with Crippen molar-refractivity contribution in [3.63, 3.8) is 0 Å². The van der Waals surface area contributed by atoms with Crippen LogP contribution in [0.2, 0.25) is 0 Å². The van der Waals surface area contributed by atoms with Gasteiger partial charge in [-0.3, -0.25) is 12.2 Å². The summed E-state index contributed by atoms with van der Waals surface area (Å²) in [4.78, 5) is 8.78. The second-order valence-corrected chi connectivity index (χ2v) is 4.57. The standard InChI is InChI=1S/C7H4F3.2C5H5.C2HF3O2.Ti/c8-7(9,10)6-4-2-1-3-5-6;2*1-2-4-5-3-1;3-2(4,5)1(6)7;/h1-4H;2*1-3H,4H2;(H,6,7);/q3*-1;;+3/p-1. The van der Waals surface area contributed by atoms with Gasteiger partial charge in [0.2, 0.25) is 0 Å². The fourth-order valence-electron chi connectivity index (χ4n) is 1.25. The van der Waals surface area contributed by atoms with Crippen LogP contribution in [0.5, 0.6) is 0 Å². The molecule has 0 aliphatic heterocycles. The molecule has 9 heteroatoms. The summed E-state index contributed by atoms with van der Waals surface area (Å²) in [5.74, 6) is -3.01. The van der Waals surface area contributed by atoms with Gasteiger partial charge in [0, 0.05) is 0 Å². The summed E-state index contributed by atoms with van der Waals surface area (Å²) in [5.41, 5.74) is -0.727. The number of halogens is 6. The van der Waals surface area contributed by atoms with Crippen LogP contribution in [-0.2, 0) is 32.7 Å². The first-order valence-electron chi connectivity index (χ1n) is 7.30. The van der Waals surface area contributed by atoms with Crippen LogP contribution in [0, 0.1) is 18.2 Å². The van der Waals surface area contributed by atoms with Gasteiger partial charge in [-0.15, -0.1) is 12.8 Å². The van der Waals surface area contributed by atoms with E-state index in [2.05, 4.69) is 30.4 Å². The summed E-state index contributed by atoms with van der Waals surface area (Å²) in [7, 11) is 0. The largest absolute Gasteiger partial charge is 3.00 e. The number of carboxylic acid groups (broad SMARTS) is 1. The number of alkyl halides is 6. The minimum absolute atomic E-state index is 0. The number of carboxylic acids is 1. The third kappa shape index (κ3) is 16.1. The molecular weight excluding hydrogens is 422 g/mol. The molecular formula is C19H14F6O2Ti-. The smallest absolute Gasteiger partial charge is 0.542 e. The maximum Gasteiger partial charge on any atom is 3.00 e. The second-order valence-electron chi connectivity index (χ2n) is 4.57. The van der Waals surface area contributed by atoms with Gasteiger partial charge in [-0.2, -0.15) is 68.8 Å². The van der Waals surface area contributed by atoms with Gasteiger partial charge in [-0.05, 0) is 0 Å². The number of carbonyl (C=O) groups excluding carboxylic acids is 1. The summed E-state index contributed by atoms with van der Waals surface area (Å²) >= 11 is 0. The third-order valence-corrected chi connectivity index (χ3v) is 2.42. The maximum atomic E-state index is 11.8. The van der Waals surface area contributed by atoms with Crippen molar-refractivity contribution in [3.8, 4) is 0 Å². The monoisotopic (exact) mass is 436 g/mol. The fraction of sp³-hybridized carbons (Fsp3) is 0.211. The summed E-state index contributed by atoms with van der Waals surface area (Å²) in [6.07, 6.45) is 10.5. The van der Waals surface area contributed by atoms with Crippen molar-refractivity contribution in [2.24, 2.45) is 0 Å². The first-order valence-corrected chi connectivity index (χ1v) is 7.30. The van der Waals surface area contributed by atoms with E-state index in [4.69, 9.17) is 9.90 Å². The van der Waals surface area contributed by atoms with Gasteiger partial charge in [0.25, 0.3) is 0 Å². The van der Waals surface area contributed by atoms with E-state index in [0.717, 1.165) is 18.9 Å². The summed E-state index contributed by atoms with van der Waals surface area (Å²) in [5, 5.41) is 8.78. The predicted octanol–water partition coefficient (Wildman–Crippen LogP) is 4.41. The molecule has 0 amide bonds. The Morgan fingerprint density at radius 3 is 1.54 bits per heavy atom. The molecule has 0 fully saturated rings. The average Bonchev–Trinajstić information content (AvgIpc) is 3.33. The molecule has 2 aliphatic carbocycles. The van der Waals surface area contributed by atoms with Crippen LogP contribution in [0.25, 0.3) is 0 Å². The number of allylic oxidation sites excluding steroid dienone is 8. The van der Waals surface area contributed by atoms with Gasteiger partial charge in [0.1, 0.15) is 5.97 Å². The van der Waals surface area contributed by atoms with E-state index in [9.17, 15) is 26.3 Å². The van der Waals surface area contributed by atoms with Crippen molar-refractivity contribution < 1.29 is 58.0 Å². The second kappa shape index (κ2) is 14.9. The van der Waals surface area contributed by atoms with Crippen molar-refractivity contribution in [1.82, 2.24) is 0 Å². The van der Waals surface area contributed by atoms with Gasteiger partial charge in [0.15, 0.2) is 0 Å². The number of hydrogen-bond acceptors (Lipinski definition) is 2. The van der Waals surface area contributed by atoms with Crippen LogP contribution in [0.15, 0.2) is 60.7 Å². The van der Waals surface area contributed by atoms with Gasteiger partial charge < -0.3 is 9.90 Å². The zero-order valence-electron chi connectivity index (χ0n) is 14.3. The molecule has 2 aliphatic rings. The van der Waals surface area contributed by atoms with Crippen LogP contribution >= 0.6 is 0 Å². The molecule has 0 spiro atoms. The van der Waals surface area contributed by atoms with Crippen LogP contribution in [-0.4, -0.2) is 12.1 Å². The molecule has 0 bridgehead atoms. The Kier molecular flexibility index (Phi) is 15.0. The van der Waals surface area contributed by atoms with E-state index in [-0.39, 0.29) is 21.7 Å². The summed E-state index contributed by atoms with van der Waals surface area (Å²) in [6, 6.07) is 7.14. The van der Waals surface area contributed by atoms with Crippen LogP contribution in [0.3, 0.4) is 0 Å². The predicted molar refractivity (Wildman–Crippen MR) is 84.5 cm³/mol. The van der Waals surface area contributed by atoms with Gasteiger partial charge in [0.05, 0.1) is 0 Å². The Morgan fingerprint density at radius 1 is 0.929 bits per heavy atom. The number of rotatable bonds is 0. The molecule has 0 heterocycles. The number of carbonyl (C=O) groups is 1. The normalized spacial score (nSPS) is 13.2. The molecule has 1 aromatic rings. The Bertz CT molecular complexity index is 617. The van der Waals surface area contributed by atoms with Crippen LogP contribution < -0.4 is 5.11 Å². The maximum absolute atomic E-state index is 11.8. The van der Waals surface area contributed by atoms with Gasteiger partial charge in [-0.1, -0.05) is 5.56 Å². The average molecular weight is 436 g/mol. The topological polar surface area (TPSA) is 40.1 Å². The SMILES string of the molecule is FC(F)(F)c1[c-]cccc1.O=C([O-])C(F)(F)F.[C-]1=CC=CC1.[C-]1=CC=CC1.[Ti+3]. The van der Waals surface area contributed by atoms with Crippen molar-refractivity contribution in [3.05, 3.63) is 84.5 Å². The van der Waals surface area contributed by atoms with Gasteiger partial charge >= 0.3 is 34.1 Å². The molecule has 0 unspecified atom stereocenters. The van der Waals surface area contributed by atoms with Gasteiger partial charge in [-0.25, -0.2) is 24.3 Å². The van der Waals surface area contributed by atoms with E-state index >= 15 is 0 Å². The number of aliphatic carboxylic acids is 1. The molecule has 1 radical (unpaired) electrons. The van der Waals surface area contributed by atoms with Crippen molar-refractivity contribution in [1.29, 1.82) is 0 Å². The zero-order chi connectivity index (χ0) is 20.8. The molecule has 149 valence electrons. The minimum Gasteiger partial charge on any atom is -0.542 e. The molecule has 0 aromatic heterocycles. The Balaban J connectivity index is 0. The van der Waals surface area contributed by atoms with Crippen molar-refractivity contribution in [2.45, 2.75) is 25.2 Å². The summed E-state index contributed by atoms with van der Waals surface area (Å²) < 4.78 is 66.8. The van der Waals surface area contributed by atoms with Crippen LogP contribution in [0.1, 0.15) is 18.4 Å². The third-order valence-electron chi connectivity index (χ3n) is 2.42. The Hall–Kier alpha value is -2.06. The molecule has 2 nitrogen and oxygen atoms in total. The first kappa shape index (κ1) is 28.2. The quantitative estimate of drug-likeness (QED) is 0.344. The molecule has 0 saturated heterocycles. The van der Waals surface area contributed by atoms with Crippen LogP contribution in [0.4, 0.5) is 26.3 Å². The summed E-state index contributed by atoms with van der Waals surface area (Å²) in [6.45, 7) is 0. The molecule has 1 aromatic carbocycles. The number of hydrogen-bond donors (Lipinski definition) is 0. The fourth-order valence-corrected chi connectivity index (χ4v) is 1.25. The van der Waals surface area contributed by atoms with Crippen molar-refractivity contribution >= 4 is 5.97 Å². The molecule has 28 heavy (non-hydrogen) atoms. The molecule has 0 atom stereocenters. The van der Waals surface area contributed by atoms with E-state index in [1.807, 2.05) is 24.3 Å². The van der Waals surface area contributed by atoms with E-state index < -0.39 is 23.9 Å². The van der Waals surface area contributed by atoms with Crippen molar-refractivity contribution in [2.75, 3.05) is 0 Å². The van der Waals surface area contributed by atoms with E-state index in [1.165, 1.54) is 18.2 Å². The van der Waals surface area contributed by atoms with E-state index in [1.54, 1.807) is 0 Å². The Morgan fingerprint density at radius 2 is 1.39 bits per heavy atom. The zero-order valence-corrected chi connectivity index (χ0v) is 15.8. The van der Waals surface area contributed by atoms with E-state index in [0.29, 0.717) is 0 Å². The first-order chi connectivity index (χ1) is 12.5.